The summed E-state index contributed by atoms with van der Waals surface area (Å²) in [6.07, 6.45) is 0.0357. The fourth-order valence-electron chi connectivity index (χ4n) is 1.03. The number of hydrogen-bond acceptors (Lipinski definition) is 2. The number of anilines is 1. The van der Waals surface area contributed by atoms with Crippen molar-refractivity contribution in [2.75, 3.05) is 11.9 Å². The molecule has 1 aromatic rings. The molecule has 0 aromatic heterocycles. The molecule has 1 rings (SSSR count). The number of rotatable bonds is 4. The molecule has 0 spiro atoms. The van der Waals surface area contributed by atoms with E-state index in [0.29, 0.717) is 15.2 Å². The van der Waals surface area contributed by atoms with Gasteiger partial charge in [-0.25, -0.2) is 0 Å². The summed E-state index contributed by atoms with van der Waals surface area (Å²) >= 11 is 9.20. The first kappa shape index (κ1) is 13.5. The molecule has 0 heterocycles. The van der Waals surface area contributed by atoms with Gasteiger partial charge in [0.15, 0.2) is 0 Å². The Hall–Kier alpha value is -0.580. The molecule has 0 saturated carbocycles. The molecule has 5 heteroatoms. The molecule has 88 valence electrons. The number of amides is 1. The Morgan fingerprint density at radius 3 is 2.88 bits per heavy atom. The Balaban J connectivity index is 2.59. The Labute approximate surface area is 108 Å². The van der Waals surface area contributed by atoms with Crippen LogP contribution in [0.5, 0.6) is 0 Å². The summed E-state index contributed by atoms with van der Waals surface area (Å²) in [5.41, 5.74) is 0.643. The maximum absolute atomic E-state index is 11.5. The van der Waals surface area contributed by atoms with Gasteiger partial charge in [0.05, 0.1) is 21.3 Å². The van der Waals surface area contributed by atoms with Crippen molar-refractivity contribution in [3.05, 3.63) is 27.7 Å². The molecule has 0 bridgehead atoms. The molecule has 3 nitrogen and oxygen atoms in total. The SMILES string of the molecule is CC(C)OCC(=O)Nc1cccc(Cl)c1Br. The van der Waals surface area contributed by atoms with Crippen LogP contribution in [0.3, 0.4) is 0 Å². The first-order valence-corrected chi connectivity index (χ1v) is 6.03. The topological polar surface area (TPSA) is 38.3 Å². The van der Waals surface area contributed by atoms with Crippen molar-refractivity contribution in [2.24, 2.45) is 0 Å². The second-order valence-corrected chi connectivity index (χ2v) is 4.71. The minimum Gasteiger partial charge on any atom is -0.369 e. The quantitative estimate of drug-likeness (QED) is 0.925. The average molecular weight is 307 g/mol. The van der Waals surface area contributed by atoms with Crippen molar-refractivity contribution in [1.82, 2.24) is 0 Å². The average Bonchev–Trinajstić information content (AvgIpc) is 2.22. The zero-order chi connectivity index (χ0) is 12.1. The van der Waals surface area contributed by atoms with Crippen molar-refractivity contribution >= 4 is 39.1 Å². The molecule has 16 heavy (non-hydrogen) atoms. The van der Waals surface area contributed by atoms with Gasteiger partial charge in [0.1, 0.15) is 6.61 Å². The highest BCUT2D eigenvalue weighted by molar-refractivity contribution is 9.10. The van der Waals surface area contributed by atoms with Crippen LogP contribution >= 0.6 is 27.5 Å². The maximum atomic E-state index is 11.5. The van der Waals surface area contributed by atoms with E-state index in [1.807, 2.05) is 13.8 Å². The van der Waals surface area contributed by atoms with Crippen molar-refractivity contribution in [2.45, 2.75) is 20.0 Å². The van der Waals surface area contributed by atoms with Crippen LogP contribution in [0.25, 0.3) is 0 Å². The van der Waals surface area contributed by atoms with Gasteiger partial charge in [0, 0.05) is 0 Å². The maximum Gasteiger partial charge on any atom is 0.250 e. The van der Waals surface area contributed by atoms with Crippen molar-refractivity contribution in [3.8, 4) is 0 Å². The van der Waals surface area contributed by atoms with Gasteiger partial charge in [-0.3, -0.25) is 4.79 Å². The summed E-state index contributed by atoms with van der Waals surface area (Å²) in [6.45, 7) is 3.79. The second-order valence-electron chi connectivity index (χ2n) is 3.51. The van der Waals surface area contributed by atoms with E-state index in [2.05, 4.69) is 21.2 Å². The predicted molar refractivity (Wildman–Crippen MR) is 68.9 cm³/mol. The fourth-order valence-corrected chi connectivity index (χ4v) is 1.57. The summed E-state index contributed by atoms with van der Waals surface area (Å²) in [5.74, 6) is -0.198. The van der Waals surface area contributed by atoms with E-state index in [-0.39, 0.29) is 18.6 Å². The van der Waals surface area contributed by atoms with Gasteiger partial charge in [-0.15, -0.1) is 0 Å². The molecule has 0 unspecified atom stereocenters. The van der Waals surface area contributed by atoms with Crippen LogP contribution in [0.2, 0.25) is 5.02 Å². The number of halogens is 2. The molecule has 1 N–H and O–H groups in total. The highest BCUT2D eigenvalue weighted by atomic mass is 79.9. The van der Waals surface area contributed by atoms with E-state index >= 15 is 0 Å². The Morgan fingerprint density at radius 2 is 2.25 bits per heavy atom. The lowest BCUT2D eigenvalue weighted by Gasteiger charge is -2.10. The van der Waals surface area contributed by atoms with E-state index < -0.39 is 0 Å². The number of carbonyl (C=O) groups is 1. The molecule has 1 amide bonds. The van der Waals surface area contributed by atoms with Gasteiger partial charge >= 0.3 is 0 Å². The Kier molecular flexibility index (Phi) is 5.25. The van der Waals surface area contributed by atoms with Gasteiger partial charge < -0.3 is 10.1 Å². The molecule has 0 aliphatic heterocycles. The van der Waals surface area contributed by atoms with Crippen LogP contribution in [-0.2, 0) is 9.53 Å². The third-order valence-electron chi connectivity index (χ3n) is 1.77. The lowest BCUT2D eigenvalue weighted by molar-refractivity contribution is -0.121. The molecular formula is C11H13BrClNO2. The third kappa shape index (κ3) is 4.12. The summed E-state index contributed by atoms with van der Waals surface area (Å²) < 4.78 is 5.86. The zero-order valence-corrected chi connectivity index (χ0v) is 11.4. The van der Waals surface area contributed by atoms with Crippen molar-refractivity contribution < 1.29 is 9.53 Å². The molecule has 0 fully saturated rings. The number of ether oxygens (including phenoxy) is 1. The van der Waals surface area contributed by atoms with Crippen LogP contribution < -0.4 is 5.32 Å². The van der Waals surface area contributed by atoms with Gasteiger partial charge in [-0.1, -0.05) is 17.7 Å². The number of nitrogens with one attached hydrogen (secondary N) is 1. The molecule has 1 aromatic carbocycles. The van der Waals surface area contributed by atoms with Gasteiger partial charge in [0.25, 0.3) is 0 Å². The summed E-state index contributed by atoms with van der Waals surface area (Å²) in [6, 6.07) is 5.28. The number of carbonyl (C=O) groups excluding carboxylic acids is 1. The van der Waals surface area contributed by atoms with Crippen LogP contribution in [-0.4, -0.2) is 18.6 Å². The van der Waals surface area contributed by atoms with Crippen LogP contribution in [0, 0.1) is 0 Å². The van der Waals surface area contributed by atoms with Crippen molar-refractivity contribution in [3.63, 3.8) is 0 Å². The van der Waals surface area contributed by atoms with E-state index in [1.54, 1.807) is 18.2 Å². The summed E-state index contributed by atoms with van der Waals surface area (Å²) in [4.78, 5) is 11.5. The van der Waals surface area contributed by atoms with Crippen molar-refractivity contribution in [1.29, 1.82) is 0 Å². The predicted octanol–water partition coefficient (Wildman–Crippen LogP) is 3.47. The minimum absolute atomic E-state index is 0.0357. The largest absolute Gasteiger partial charge is 0.369 e. The highest BCUT2D eigenvalue weighted by Crippen LogP contribution is 2.29. The normalized spacial score (nSPS) is 10.6. The second kappa shape index (κ2) is 6.23. The number of hydrogen-bond donors (Lipinski definition) is 1. The molecular weight excluding hydrogens is 293 g/mol. The molecule has 0 radical (unpaired) electrons. The highest BCUT2D eigenvalue weighted by Gasteiger charge is 2.08. The molecule has 0 saturated heterocycles. The van der Waals surface area contributed by atoms with Gasteiger partial charge in [-0.2, -0.15) is 0 Å². The van der Waals surface area contributed by atoms with Gasteiger partial charge in [0.2, 0.25) is 5.91 Å². The van der Waals surface area contributed by atoms with E-state index in [1.165, 1.54) is 0 Å². The summed E-state index contributed by atoms with van der Waals surface area (Å²) in [7, 11) is 0. The molecule has 0 aliphatic carbocycles. The Morgan fingerprint density at radius 1 is 1.56 bits per heavy atom. The molecule has 0 aliphatic rings. The standard InChI is InChI=1S/C11H13BrClNO2/c1-7(2)16-6-10(15)14-9-5-3-4-8(13)11(9)12/h3-5,7H,6H2,1-2H3,(H,14,15). The summed E-state index contributed by atoms with van der Waals surface area (Å²) in [5, 5.41) is 3.27. The number of benzene rings is 1. The van der Waals surface area contributed by atoms with Crippen LogP contribution in [0.4, 0.5) is 5.69 Å². The van der Waals surface area contributed by atoms with Crippen LogP contribution in [0.1, 0.15) is 13.8 Å². The third-order valence-corrected chi connectivity index (χ3v) is 3.17. The van der Waals surface area contributed by atoms with Gasteiger partial charge in [-0.05, 0) is 41.9 Å². The minimum atomic E-state index is -0.198. The monoisotopic (exact) mass is 305 g/mol. The van der Waals surface area contributed by atoms with E-state index in [9.17, 15) is 4.79 Å². The van der Waals surface area contributed by atoms with Crippen LogP contribution in [0.15, 0.2) is 22.7 Å². The lowest BCUT2D eigenvalue weighted by Crippen LogP contribution is -2.20. The Bertz CT molecular complexity index is 382. The first-order chi connectivity index (χ1) is 7.50. The molecule has 0 atom stereocenters. The van der Waals surface area contributed by atoms with E-state index in [0.717, 1.165) is 0 Å². The lowest BCUT2D eigenvalue weighted by atomic mass is 10.3. The zero-order valence-electron chi connectivity index (χ0n) is 9.09. The van der Waals surface area contributed by atoms with E-state index in [4.69, 9.17) is 16.3 Å². The fraction of sp³-hybridized carbons (Fsp3) is 0.364. The smallest absolute Gasteiger partial charge is 0.250 e. The first-order valence-electron chi connectivity index (χ1n) is 4.86.